The maximum absolute atomic E-state index is 14.0. The van der Waals surface area contributed by atoms with Crippen molar-refractivity contribution < 1.29 is 9.13 Å². The van der Waals surface area contributed by atoms with E-state index in [2.05, 4.69) is 21.2 Å². The average molecular weight is 373 g/mol. The zero-order chi connectivity index (χ0) is 15.4. The van der Waals surface area contributed by atoms with Gasteiger partial charge in [0.05, 0.1) is 7.11 Å². The Kier molecular flexibility index (Phi) is 5.62. The van der Waals surface area contributed by atoms with E-state index in [1.54, 1.807) is 19.2 Å². The number of rotatable bonds is 5. The fraction of sp³-hybridized carbons (Fsp3) is 0.250. The molecule has 0 aromatic heterocycles. The van der Waals surface area contributed by atoms with Crippen molar-refractivity contribution in [3.8, 4) is 5.75 Å². The Labute approximate surface area is 137 Å². The fourth-order valence-corrected chi connectivity index (χ4v) is 2.90. The van der Waals surface area contributed by atoms with Crippen LogP contribution in [0.1, 0.15) is 17.2 Å². The Morgan fingerprint density at radius 1 is 1.33 bits per heavy atom. The van der Waals surface area contributed by atoms with Crippen LogP contribution in [-0.4, -0.2) is 14.2 Å². The van der Waals surface area contributed by atoms with E-state index in [4.69, 9.17) is 16.3 Å². The van der Waals surface area contributed by atoms with Gasteiger partial charge in [0, 0.05) is 26.7 Å². The third-order valence-corrected chi connectivity index (χ3v) is 4.23. The Morgan fingerprint density at radius 2 is 2.10 bits per heavy atom. The number of ether oxygens (including phenoxy) is 1. The molecular weight excluding hydrogens is 357 g/mol. The van der Waals surface area contributed by atoms with Gasteiger partial charge in [-0.25, -0.2) is 4.39 Å². The molecular formula is C16H16BrClFNO. The van der Waals surface area contributed by atoms with Gasteiger partial charge in [-0.3, -0.25) is 0 Å². The van der Waals surface area contributed by atoms with Gasteiger partial charge < -0.3 is 10.1 Å². The molecule has 0 saturated carbocycles. The van der Waals surface area contributed by atoms with Crippen LogP contribution in [-0.2, 0) is 6.42 Å². The highest BCUT2D eigenvalue weighted by molar-refractivity contribution is 9.10. The number of hydrogen-bond donors (Lipinski definition) is 1. The Balaban J connectivity index is 2.39. The van der Waals surface area contributed by atoms with Crippen molar-refractivity contribution in [1.29, 1.82) is 0 Å². The number of nitrogens with one attached hydrogen (secondary N) is 1. The van der Waals surface area contributed by atoms with Crippen LogP contribution in [0.15, 0.2) is 40.9 Å². The summed E-state index contributed by atoms with van der Waals surface area (Å²) in [6, 6.07) is 10.4. The molecule has 0 heterocycles. The Morgan fingerprint density at radius 3 is 2.71 bits per heavy atom. The maximum Gasteiger partial charge on any atom is 0.127 e. The lowest BCUT2D eigenvalue weighted by molar-refractivity contribution is 0.400. The molecule has 0 aliphatic heterocycles. The van der Waals surface area contributed by atoms with Crippen molar-refractivity contribution in [1.82, 2.24) is 5.32 Å². The van der Waals surface area contributed by atoms with Crippen LogP contribution in [0.5, 0.6) is 5.75 Å². The smallest absolute Gasteiger partial charge is 0.127 e. The van der Waals surface area contributed by atoms with Crippen molar-refractivity contribution in [3.63, 3.8) is 0 Å². The van der Waals surface area contributed by atoms with Crippen molar-refractivity contribution in [2.45, 2.75) is 12.5 Å². The first-order chi connectivity index (χ1) is 10.1. The molecule has 0 spiro atoms. The summed E-state index contributed by atoms with van der Waals surface area (Å²) in [6.07, 6.45) is 0.439. The largest absolute Gasteiger partial charge is 0.496 e. The van der Waals surface area contributed by atoms with Crippen LogP contribution in [0, 0.1) is 5.82 Å². The van der Waals surface area contributed by atoms with Gasteiger partial charge in [0.1, 0.15) is 11.6 Å². The second-order valence-electron chi connectivity index (χ2n) is 4.63. The van der Waals surface area contributed by atoms with E-state index >= 15 is 0 Å². The van der Waals surface area contributed by atoms with Crippen molar-refractivity contribution in [3.05, 3.63) is 62.8 Å². The summed E-state index contributed by atoms with van der Waals surface area (Å²) in [5.41, 5.74) is 1.45. The average Bonchev–Trinajstić information content (AvgIpc) is 2.47. The molecule has 2 rings (SSSR count). The fourth-order valence-electron chi connectivity index (χ4n) is 2.28. The van der Waals surface area contributed by atoms with Gasteiger partial charge in [0.15, 0.2) is 0 Å². The lowest BCUT2D eigenvalue weighted by atomic mass is 9.97. The molecule has 2 nitrogen and oxygen atoms in total. The molecule has 2 aromatic carbocycles. The molecule has 0 aliphatic rings. The van der Waals surface area contributed by atoms with Gasteiger partial charge in [0.2, 0.25) is 0 Å². The van der Waals surface area contributed by atoms with Crippen LogP contribution in [0.3, 0.4) is 0 Å². The molecule has 21 heavy (non-hydrogen) atoms. The highest BCUT2D eigenvalue weighted by atomic mass is 79.9. The van der Waals surface area contributed by atoms with E-state index in [1.165, 1.54) is 6.07 Å². The van der Waals surface area contributed by atoms with Crippen LogP contribution < -0.4 is 10.1 Å². The standard InChI is InChI=1S/C16H16BrClFNO/c1-20-15(9-11-13(18)4-3-5-14(11)19)12-8-10(17)6-7-16(12)21-2/h3-8,15,20H,9H2,1-2H3. The summed E-state index contributed by atoms with van der Waals surface area (Å²) >= 11 is 9.57. The minimum Gasteiger partial charge on any atom is -0.496 e. The highest BCUT2D eigenvalue weighted by Crippen LogP contribution is 2.32. The van der Waals surface area contributed by atoms with Crippen molar-refractivity contribution in [2.24, 2.45) is 0 Å². The number of hydrogen-bond acceptors (Lipinski definition) is 2. The molecule has 0 fully saturated rings. The van der Waals surface area contributed by atoms with Gasteiger partial charge in [-0.15, -0.1) is 0 Å². The molecule has 2 aromatic rings. The van der Waals surface area contributed by atoms with Gasteiger partial charge in [0.25, 0.3) is 0 Å². The van der Waals surface area contributed by atoms with Crippen LogP contribution >= 0.6 is 27.5 Å². The SMILES string of the molecule is CNC(Cc1c(F)cccc1Cl)c1cc(Br)ccc1OC. The van der Waals surface area contributed by atoms with Gasteiger partial charge >= 0.3 is 0 Å². The number of halogens is 3. The Bertz CT molecular complexity index is 615. The van der Waals surface area contributed by atoms with Crippen LogP contribution in [0.2, 0.25) is 5.02 Å². The third kappa shape index (κ3) is 3.76. The molecule has 0 aliphatic carbocycles. The van der Waals surface area contributed by atoms with Gasteiger partial charge in [-0.1, -0.05) is 33.6 Å². The second kappa shape index (κ2) is 7.25. The molecule has 1 N–H and O–H groups in total. The van der Waals surface area contributed by atoms with E-state index in [0.717, 1.165) is 15.8 Å². The topological polar surface area (TPSA) is 21.3 Å². The Hall–Kier alpha value is -1.10. The summed E-state index contributed by atoms with van der Waals surface area (Å²) in [5.74, 6) is 0.460. The van der Waals surface area contributed by atoms with E-state index in [0.29, 0.717) is 17.0 Å². The zero-order valence-electron chi connectivity index (χ0n) is 11.8. The molecule has 1 unspecified atom stereocenters. The van der Waals surface area contributed by atoms with Gasteiger partial charge in [-0.05, 0) is 43.8 Å². The minimum atomic E-state index is -0.295. The molecule has 5 heteroatoms. The first kappa shape index (κ1) is 16.3. The quantitative estimate of drug-likeness (QED) is 0.817. The number of likely N-dealkylation sites (N-methyl/N-ethyl adjacent to an activating group) is 1. The van der Waals surface area contributed by atoms with Crippen molar-refractivity contribution in [2.75, 3.05) is 14.2 Å². The van der Waals surface area contributed by atoms with Crippen LogP contribution in [0.25, 0.3) is 0 Å². The summed E-state index contributed by atoms with van der Waals surface area (Å²) in [6.45, 7) is 0. The molecule has 0 radical (unpaired) electrons. The minimum absolute atomic E-state index is 0.105. The summed E-state index contributed by atoms with van der Waals surface area (Å²) in [4.78, 5) is 0. The summed E-state index contributed by atoms with van der Waals surface area (Å²) in [5, 5.41) is 3.63. The van der Waals surface area contributed by atoms with E-state index in [1.807, 2.05) is 25.2 Å². The maximum atomic E-state index is 14.0. The lowest BCUT2D eigenvalue weighted by Crippen LogP contribution is -2.20. The normalized spacial score (nSPS) is 12.2. The highest BCUT2D eigenvalue weighted by Gasteiger charge is 2.19. The van der Waals surface area contributed by atoms with Crippen molar-refractivity contribution >= 4 is 27.5 Å². The predicted molar refractivity (Wildman–Crippen MR) is 87.6 cm³/mol. The van der Waals surface area contributed by atoms with E-state index < -0.39 is 0 Å². The first-order valence-corrected chi connectivity index (χ1v) is 7.67. The third-order valence-electron chi connectivity index (χ3n) is 3.39. The summed E-state index contributed by atoms with van der Waals surface area (Å²) in [7, 11) is 3.45. The van der Waals surface area contributed by atoms with E-state index in [9.17, 15) is 4.39 Å². The number of benzene rings is 2. The zero-order valence-corrected chi connectivity index (χ0v) is 14.1. The monoisotopic (exact) mass is 371 g/mol. The lowest BCUT2D eigenvalue weighted by Gasteiger charge is -2.20. The number of methoxy groups -OCH3 is 1. The van der Waals surface area contributed by atoms with Crippen LogP contribution in [0.4, 0.5) is 4.39 Å². The van der Waals surface area contributed by atoms with E-state index in [-0.39, 0.29) is 11.9 Å². The molecule has 0 amide bonds. The first-order valence-electron chi connectivity index (χ1n) is 6.50. The second-order valence-corrected chi connectivity index (χ2v) is 5.95. The van der Waals surface area contributed by atoms with Gasteiger partial charge in [-0.2, -0.15) is 0 Å². The molecule has 1 atom stereocenters. The predicted octanol–water partition coefficient (Wildman–Crippen LogP) is 4.75. The molecule has 112 valence electrons. The molecule has 0 saturated heterocycles. The summed E-state index contributed by atoms with van der Waals surface area (Å²) < 4.78 is 20.3. The molecule has 0 bridgehead atoms.